The first-order chi connectivity index (χ1) is 12.6. The smallest absolute Gasteiger partial charge is 0.195 e. The van der Waals surface area contributed by atoms with E-state index in [1.807, 2.05) is 43.3 Å². The Hall–Kier alpha value is -2.60. The van der Waals surface area contributed by atoms with E-state index in [2.05, 4.69) is 15.6 Å². The maximum Gasteiger partial charge on any atom is 0.195 e. The van der Waals surface area contributed by atoms with E-state index in [0.717, 1.165) is 5.69 Å². The van der Waals surface area contributed by atoms with E-state index < -0.39 is 0 Å². The number of rotatable bonds is 7. The van der Waals surface area contributed by atoms with Crippen LogP contribution in [0.3, 0.4) is 0 Å². The Bertz CT molecular complexity index is 753. The number of benzene rings is 2. The van der Waals surface area contributed by atoms with Gasteiger partial charge in [0.25, 0.3) is 0 Å². The first-order valence-corrected chi connectivity index (χ1v) is 8.56. The number of nitrogens with one attached hydrogen (secondary N) is 2. The minimum atomic E-state index is -0.0983. The van der Waals surface area contributed by atoms with Crippen LogP contribution in [-0.2, 0) is 0 Å². The maximum atomic E-state index is 6.12. The quantitative estimate of drug-likeness (QED) is 0.567. The summed E-state index contributed by atoms with van der Waals surface area (Å²) in [5.41, 5.74) is 0.829. The van der Waals surface area contributed by atoms with Gasteiger partial charge in [-0.3, -0.25) is 4.99 Å². The molecule has 2 rings (SSSR count). The Kier molecular flexibility index (Phi) is 7.41. The predicted octanol–water partition coefficient (Wildman–Crippen LogP) is 3.81. The highest BCUT2D eigenvalue weighted by Crippen LogP contribution is 2.29. The van der Waals surface area contributed by atoms with Crippen LogP contribution in [0.4, 0.5) is 5.69 Å². The minimum absolute atomic E-state index is 0.0983. The molecule has 6 nitrogen and oxygen atoms in total. The minimum Gasteiger partial charge on any atom is -0.493 e. The van der Waals surface area contributed by atoms with Crippen molar-refractivity contribution in [3.63, 3.8) is 0 Å². The zero-order valence-electron chi connectivity index (χ0n) is 15.4. The van der Waals surface area contributed by atoms with Gasteiger partial charge in [0.15, 0.2) is 17.5 Å². The molecule has 2 aromatic rings. The molecule has 140 valence electrons. The van der Waals surface area contributed by atoms with Crippen molar-refractivity contribution in [1.82, 2.24) is 5.32 Å². The molecule has 0 heterocycles. The fraction of sp³-hybridized carbons (Fsp3) is 0.316. The van der Waals surface area contributed by atoms with Crippen LogP contribution in [0.1, 0.15) is 6.92 Å². The standard InChI is InChI=1S/C19H24ClN3O3/c1-13(26-16-8-6-5-7-15(16)20)12-22-19(21-2)23-14-9-10-17(24-3)18(11-14)25-4/h5-11,13H,12H2,1-4H3,(H2,21,22,23). The predicted molar refractivity (Wildman–Crippen MR) is 106 cm³/mol. The number of guanidine groups is 1. The number of nitrogens with zero attached hydrogens (tertiary/aromatic N) is 1. The highest BCUT2D eigenvalue weighted by atomic mass is 35.5. The van der Waals surface area contributed by atoms with Gasteiger partial charge in [-0.2, -0.15) is 0 Å². The molecule has 0 aliphatic carbocycles. The number of halogens is 1. The third-order valence-corrected chi connectivity index (χ3v) is 3.90. The van der Waals surface area contributed by atoms with Crippen LogP contribution < -0.4 is 24.8 Å². The molecule has 0 spiro atoms. The fourth-order valence-electron chi connectivity index (χ4n) is 2.27. The van der Waals surface area contributed by atoms with Gasteiger partial charge in [-0.25, -0.2) is 0 Å². The van der Waals surface area contributed by atoms with Crippen molar-refractivity contribution in [1.29, 1.82) is 0 Å². The fourth-order valence-corrected chi connectivity index (χ4v) is 2.45. The molecular weight excluding hydrogens is 354 g/mol. The second-order valence-electron chi connectivity index (χ2n) is 5.51. The molecule has 0 saturated carbocycles. The van der Waals surface area contributed by atoms with Crippen LogP contribution >= 0.6 is 11.6 Å². The third-order valence-electron chi connectivity index (χ3n) is 3.59. The number of ether oxygens (including phenoxy) is 3. The number of hydrogen-bond donors (Lipinski definition) is 2. The molecule has 0 saturated heterocycles. The number of anilines is 1. The molecule has 2 aromatic carbocycles. The molecular formula is C19H24ClN3O3. The van der Waals surface area contributed by atoms with Crippen LogP contribution in [0, 0.1) is 0 Å². The Balaban J connectivity index is 1.92. The van der Waals surface area contributed by atoms with E-state index in [4.69, 9.17) is 25.8 Å². The number of para-hydroxylation sites is 1. The number of hydrogen-bond acceptors (Lipinski definition) is 4. The van der Waals surface area contributed by atoms with Gasteiger partial charge in [-0.15, -0.1) is 0 Å². The molecule has 0 amide bonds. The maximum absolute atomic E-state index is 6.12. The monoisotopic (exact) mass is 377 g/mol. The normalized spacial score (nSPS) is 12.3. The summed E-state index contributed by atoms with van der Waals surface area (Å²) in [5, 5.41) is 7.02. The summed E-state index contributed by atoms with van der Waals surface area (Å²) in [6.07, 6.45) is -0.0983. The van der Waals surface area contributed by atoms with Gasteiger partial charge < -0.3 is 24.8 Å². The van der Waals surface area contributed by atoms with Crippen molar-refractivity contribution >= 4 is 23.2 Å². The van der Waals surface area contributed by atoms with E-state index in [1.165, 1.54) is 0 Å². The average molecular weight is 378 g/mol. The van der Waals surface area contributed by atoms with Crippen LogP contribution in [0.25, 0.3) is 0 Å². The van der Waals surface area contributed by atoms with Crippen LogP contribution in [0.2, 0.25) is 5.02 Å². The van der Waals surface area contributed by atoms with E-state index in [0.29, 0.717) is 34.8 Å². The highest BCUT2D eigenvalue weighted by Gasteiger charge is 2.09. The first kappa shape index (κ1) is 19.7. The van der Waals surface area contributed by atoms with Crippen LogP contribution in [-0.4, -0.2) is 39.9 Å². The van der Waals surface area contributed by atoms with Gasteiger partial charge in [0.2, 0.25) is 0 Å². The third kappa shape index (κ3) is 5.46. The van der Waals surface area contributed by atoms with Crippen molar-refractivity contribution in [3.05, 3.63) is 47.5 Å². The Morgan fingerprint density at radius 1 is 1.08 bits per heavy atom. The lowest BCUT2D eigenvalue weighted by molar-refractivity contribution is 0.224. The van der Waals surface area contributed by atoms with Crippen molar-refractivity contribution in [2.45, 2.75) is 13.0 Å². The first-order valence-electron chi connectivity index (χ1n) is 8.18. The molecule has 26 heavy (non-hydrogen) atoms. The summed E-state index contributed by atoms with van der Waals surface area (Å²) in [6.45, 7) is 2.51. The van der Waals surface area contributed by atoms with E-state index in [-0.39, 0.29) is 6.10 Å². The zero-order chi connectivity index (χ0) is 18.9. The van der Waals surface area contributed by atoms with Gasteiger partial charge in [-0.1, -0.05) is 23.7 Å². The summed E-state index contributed by atoms with van der Waals surface area (Å²) in [4.78, 5) is 4.22. The molecule has 0 aliphatic rings. The number of aliphatic imine (C=N–C) groups is 1. The van der Waals surface area contributed by atoms with Crippen LogP contribution in [0.5, 0.6) is 17.2 Å². The van der Waals surface area contributed by atoms with Crippen molar-refractivity contribution < 1.29 is 14.2 Å². The summed E-state index contributed by atoms with van der Waals surface area (Å²) >= 11 is 6.12. The Labute approximate surface area is 159 Å². The average Bonchev–Trinajstić information content (AvgIpc) is 2.66. The van der Waals surface area contributed by atoms with Gasteiger partial charge in [-0.05, 0) is 31.2 Å². The molecule has 1 atom stereocenters. The summed E-state index contributed by atoms with van der Waals surface area (Å²) in [5.74, 6) is 2.59. The summed E-state index contributed by atoms with van der Waals surface area (Å²) in [7, 11) is 4.91. The second-order valence-corrected chi connectivity index (χ2v) is 5.91. The number of methoxy groups -OCH3 is 2. The molecule has 0 fully saturated rings. The van der Waals surface area contributed by atoms with Crippen molar-refractivity contribution in [3.8, 4) is 17.2 Å². The van der Waals surface area contributed by atoms with Gasteiger partial charge in [0.05, 0.1) is 25.8 Å². The summed E-state index contributed by atoms with van der Waals surface area (Å²) < 4.78 is 16.4. The van der Waals surface area contributed by atoms with Gasteiger partial charge in [0, 0.05) is 18.8 Å². The van der Waals surface area contributed by atoms with Crippen LogP contribution in [0.15, 0.2) is 47.5 Å². The Morgan fingerprint density at radius 3 is 2.46 bits per heavy atom. The lowest BCUT2D eigenvalue weighted by Crippen LogP contribution is -2.37. The van der Waals surface area contributed by atoms with Gasteiger partial charge in [0.1, 0.15) is 11.9 Å². The van der Waals surface area contributed by atoms with E-state index in [1.54, 1.807) is 27.3 Å². The van der Waals surface area contributed by atoms with Crippen molar-refractivity contribution in [2.75, 3.05) is 33.1 Å². The molecule has 1 unspecified atom stereocenters. The lowest BCUT2D eigenvalue weighted by atomic mass is 10.2. The SMILES string of the molecule is CN=C(NCC(C)Oc1ccccc1Cl)Nc1ccc(OC)c(OC)c1. The lowest BCUT2D eigenvalue weighted by Gasteiger charge is -2.18. The van der Waals surface area contributed by atoms with E-state index >= 15 is 0 Å². The Morgan fingerprint density at radius 2 is 1.81 bits per heavy atom. The largest absolute Gasteiger partial charge is 0.493 e. The highest BCUT2D eigenvalue weighted by molar-refractivity contribution is 6.32. The molecule has 0 aliphatic heterocycles. The molecule has 0 aromatic heterocycles. The van der Waals surface area contributed by atoms with E-state index in [9.17, 15) is 0 Å². The second kappa shape index (κ2) is 9.77. The van der Waals surface area contributed by atoms with Gasteiger partial charge >= 0.3 is 0 Å². The summed E-state index contributed by atoms with van der Waals surface area (Å²) in [6, 6.07) is 13.0. The topological polar surface area (TPSA) is 64.1 Å². The molecule has 0 radical (unpaired) electrons. The zero-order valence-corrected chi connectivity index (χ0v) is 16.1. The molecule has 7 heteroatoms. The van der Waals surface area contributed by atoms with Crippen molar-refractivity contribution in [2.24, 2.45) is 4.99 Å². The molecule has 2 N–H and O–H groups in total. The molecule has 0 bridgehead atoms.